The van der Waals surface area contributed by atoms with Crippen molar-refractivity contribution < 1.29 is 4.74 Å². The monoisotopic (exact) mass is 205 g/mol. The van der Waals surface area contributed by atoms with Crippen LogP contribution in [0.25, 0.3) is 0 Å². The summed E-state index contributed by atoms with van der Waals surface area (Å²) in [5.74, 6) is 1.58. The van der Waals surface area contributed by atoms with Gasteiger partial charge in [-0.1, -0.05) is 39.3 Å². The maximum absolute atomic E-state index is 5.41. The number of benzene rings is 1. The lowest BCUT2D eigenvalue weighted by Gasteiger charge is -2.16. The Bertz CT molecular complexity index is 302. The van der Waals surface area contributed by atoms with E-state index in [9.17, 15) is 0 Å². The molecule has 1 aromatic rings. The molecule has 0 saturated heterocycles. The van der Waals surface area contributed by atoms with E-state index in [2.05, 4.69) is 32.9 Å². The van der Waals surface area contributed by atoms with Gasteiger partial charge < -0.3 is 4.74 Å². The summed E-state index contributed by atoms with van der Waals surface area (Å²) in [5.41, 5.74) is 2.77. The molecular weight excluding hydrogens is 184 g/mol. The second-order valence-electron chi connectivity index (χ2n) is 4.14. The zero-order valence-corrected chi connectivity index (χ0v) is 10.0. The quantitative estimate of drug-likeness (QED) is 0.706. The van der Waals surface area contributed by atoms with Crippen molar-refractivity contribution in [3.63, 3.8) is 0 Å². The van der Waals surface area contributed by atoms with E-state index in [0.717, 1.165) is 25.0 Å². The number of ether oxygens (including phenoxy) is 1. The van der Waals surface area contributed by atoms with E-state index in [-0.39, 0.29) is 0 Å². The van der Waals surface area contributed by atoms with E-state index in [1.807, 2.05) is 6.07 Å². The van der Waals surface area contributed by atoms with Crippen LogP contribution in [0.2, 0.25) is 0 Å². The van der Waals surface area contributed by atoms with Crippen LogP contribution in [-0.4, -0.2) is 7.11 Å². The predicted octanol–water partition coefficient (Wildman–Crippen LogP) is 3.98. The van der Waals surface area contributed by atoms with Crippen LogP contribution in [0, 0.1) is 6.92 Å². The second kappa shape index (κ2) is 5.79. The van der Waals surface area contributed by atoms with Gasteiger partial charge in [0.15, 0.2) is 0 Å². The molecule has 0 aromatic heterocycles. The standard InChI is InChI=1S/C14H21O/c1-5-6-8-13-12(11(2)3)9-7-10-14(13)15-4/h7,9-11H,1,5-6,8H2,2-4H3. The van der Waals surface area contributed by atoms with E-state index in [1.54, 1.807) is 7.11 Å². The van der Waals surface area contributed by atoms with Crippen LogP contribution >= 0.6 is 0 Å². The van der Waals surface area contributed by atoms with E-state index in [4.69, 9.17) is 4.74 Å². The lowest BCUT2D eigenvalue weighted by atomic mass is 9.93. The second-order valence-corrected chi connectivity index (χ2v) is 4.14. The Hall–Kier alpha value is -0.980. The van der Waals surface area contributed by atoms with Gasteiger partial charge in [0.05, 0.1) is 7.11 Å². The number of hydrogen-bond donors (Lipinski definition) is 0. The Balaban J connectivity index is 3.03. The third-order valence-corrected chi connectivity index (χ3v) is 2.69. The minimum atomic E-state index is 0.555. The maximum Gasteiger partial charge on any atom is 0.122 e. The summed E-state index contributed by atoms with van der Waals surface area (Å²) < 4.78 is 5.41. The molecule has 1 aromatic carbocycles. The van der Waals surface area contributed by atoms with Crippen molar-refractivity contribution in [1.82, 2.24) is 0 Å². The fourth-order valence-electron chi connectivity index (χ4n) is 1.88. The van der Waals surface area contributed by atoms with Crippen LogP contribution < -0.4 is 4.74 Å². The maximum atomic E-state index is 5.41. The highest BCUT2D eigenvalue weighted by Crippen LogP contribution is 2.29. The normalized spacial score (nSPS) is 10.7. The molecule has 0 aliphatic heterocycles. The highest BCUT2D eigenvalue weighted by Gasteiger charge is 2.10. The van der Waals surface area contributed by atoms with E-state index in [1.165, 1.54) is 11.1 Å². The third-order valence-electron chi connectivity index (χ3n) is 2.69. The zero-order chi connectivity index (χ0) is 11.3. The van der Waals surface area contributed by atoms with Crippen molar-refractivity contribution in [3.8, 4) is 5.75 Å². The van der Waals surface area contributed by atoms with Gasteiger partial charge >= 0.3 is 0 Å². The first kappa shape index (κ1) is 12.1. The largest absolute Gasteiger partial charge is 0.496 e. The summed E-state index contributed by atoms with van der Waals surface area (Å²) in [4.78, 5) is 0. The molecule has 0 aliphatic rings. The average Bonchev–Trinajstić information content (AvgIpc) is 2.25. The Kier molecular flexibility index (Phi) is 4.67. The fourth-order valence-corrected chi connectivity index (χ4v) is 1.88. The van der Waals surface area contributed by atoms with Crippen LogP contribution in [0.1, 0.15) is 43.7 Å². The minimum Gasteiger partial charge on any atom is -0.496 e. The van der Waals surface area contributed by atoms with Crippen molar-refractivity contribution in [2.24, 2.45) is 0 Å². The highest BCUT2D eigenvalue weighted by molar-refractivity contribution is 5.41. The summed E-state index contributed by atoms with van der Waals surface area (Å²) in [6.07, 6.45) is 3.18. The molecule has 0 amide bonds. The molecule has 0 fully saturated rings. The molecule has 0 aliphatic carbocycles. The Morgan fingerprint density at radius 1 is 1.33 bits per heavy atom. The van der Waals surface area contributed by atoms with Crippen LogP contribution in [0.4, 0.5) is 0 Å². The van der Waals surface area contributed by atoms with E-state index >= 15 is 0 Å². The molecule has 1 nitrogen and oxygen atoms in total. The van der Waals surface area contributed by atoms with Crippen molar-refractivity contribution in [1.29, 1.82) is 0 Å². The fraction of sp³-hybridized carbons (Fsp3) is 0.500. The predicted molar refractivity (Wildman–Crippen MR) is 65.4 cm³/mol. The molecule has 0 N–H and O–H groups in total. The Morgan fingerprint density at radius 3 is 2.60 bits per heavy atom. The lowest BCUT2D eigenvalue weighted by molar-refractivity contribution is 0.408. The van der Waals surface area contributed by atoms with Crippen molar-refractivity contribution in [2.75, 3.05) is 7.11 Å². The molecule has 0 saturated carbocycles. The summed E-state index contributed by atoms with van der Waals surface area (Å²) in [6, 6.07) is 6.32. The Morgan fingerprint density at radius 2 is 2.07 bits per heavy atom. The SMILES string of the molecule is [CH2]CCCc1c(OC)cccc1C(C)C. The minimum absolute atomic E-state index is 0.555. The van der Waals surface area contributed by atoms with Crippen LogP contribution in [-0.2, 0) is 6.42 Å². The smallest absolute Gasteiger partial charge is 0.122 e. The first-order valence-electron chi connectivity index (χ1n) is 5.65. The van der Waals surface area contributed by atoms with Crippen LogP contribution in [0.15, 0.2) is 18.2 Å². The summed E-state index contributed by atoms with van der Waals surface area (Å²) in [6.45, 7) is 8.34. The van der Waals surface area contributed by atoms with Gasteiger partial charge in [0, 0.05) is 0 Å². The molecule has 0 bridgehead atoms. The first-order chi connectivity index (χ1) is 7.20. The number of unbranched alkanes of at least 4 members (excludes halogenated alkanes) is 1. The van der Waals surface area contributed by atoms with E-state index < -0.39 is 0 Å². The molecule has 83 valence electrons. The van der Waals surface area contributed by atoms with Crippen molar-refractivity contribution in [3.05, 3.63) is 36.2 Å². The summed E-state index contributed by atoms with van der Waals surface area (Å²) in [5, 5.41) is 0. The molecule has 0 unspecified atom stereocenters. The Labute approximate surface area is 93.5 Å². The number of methoxy groups -OCH3 is 1. The van der Waals surface area contributed by atoms with Crippen molar-refractivity contribution >= 4 is 0 Å². The molecular formula is C14H21O. The van der Waals surface area contributed by atoms with Gasteiger partial charge in [0.2, 0.25) is 0 Å². The molecule has 0 heterocycles. The van der Waals surface area contributed by atoms with Gasteiger partial charge in [-0.05, 0) is 36.0 Å². The van der Waals surface area contributed by atoms with Gasteiger partial charge in [-0.3, -0.25) is 0 Å². The topological polar surface area (TPSA) is 9.23 Å². The number of rotatable bonds is 5. The average molecular weight is 205 g/mol. The number of hydrogen-bond acceptors (Lipinski definition) is 1. The molecule has 0 atom stereocenters. The third kappa shape index (κ3) is 2.98. The lowest BCUT2D eigenvalue weighted by Crippen LogP contribution is -2.00. The highest BCUT2D eigenvalue weighted by atomic mass is 16.5. The molecule has 1 heteroatoms. The van der Waals surface area contributed by atoms with Crippen LogP contribution in [0.5, 0.6) is 5.75 Å². The van der Waals surface area contributed by atoms with Gasteiger partial charge in [-0.15, -0.1) is 0 Å². The van der Waals surface area contributed by atoms with Crippen molar-refractivity contribution in [2.45, 2.75) is 39.0 Å². The van der Waals surface area contributed by atoms with Crippen LogP contribution in [0.3, 0.4) is 0 Å². The van der Waals surface area contributed by atoms with Gasteiger partial charge in [0.1, 0.15) is 5.75 Å². The molecule has 0 spiro atoms. The van der Waals surface area contributed by atoms with Gasteiger partial charge in [-0.25, -0.2) is 0 Å². The molecule has 1 radical (unpaired) electrons. The zero-order valence-electron chi connectivity index (χ0n) is 10.0. The molecule has 15 heavy (non-hydrogen) atoms. The first-order valence-corrected chi connectivity index (χ1v) is 5.65. The van der Waals surface area contributed by atoms with Gasteiger partial charge in [0.25, 0.3) is 0 Å². The summed E-state index contributed by atoms with van der Waals surface area (Å²) in [7, 11) is 1.74. The molecule has 1 rings (SSSR count). The summed E-state index contributed by atoms with van der Waals surface area (Å²) >= 11 is 0. The van der Waals surface area contributed by atoms with Gasteiger partial charge in [-0.2, -0.15) is 0 Å². The van der Waals surface area contributed by atoms with E-state index in [0.29, 0.717) is 5.92 Å².